The quantitative estimate of drug-likeness (QED) is 0.775. The average Bonchev–Trinajstić information content (AvgIpc) is 3.05. The number of hydrogen-bond donors (Lipinski definition) is 1. The predicted octanol–water partition coefficient (Wildman–Crippen LogP) is 1.06. The summed E-state index contributed by atoms with van der Waals surface area (Å²) in [5.74, 6) is -0.734. The van der Waals surface area contributed by atoms with Crippen molar-refractivity contribution in [2.75, 3.05) is 0 Å². The van der Waals surface area contributed by atoms with Gasteiger partial charge in [-0.05, 0) is 22.6 Å². The molecule has 114 valence electrons. The summed E-state index contributed by atoms with van der Waals surface area (Å²) in [6.07, 6.45) is 0.996. The maximum absolute atomic E-state index is 13.3. The van der Waals surface area contributed by atoms with Gasteiger partial charge in [0.05, 0.1) is 11.9 Å². The van der Waals surface area contributed by atoms with E-state index < -0.39 is 11.5 Å². The van der Waals surface area contributed by atoms with Crippen molar-refractivity contribution in [2.45, 2.75) is 6.61 Å². The molecule has 0 aliphatic carbocycles. The van der Waals surface area contributed by atoms with Gasteiger partial charge in [-0.1, -0.05) is 17.7 Å². The summed E-state index contributed by atoms with van der Waals surface area (Å²) in [6.45, 7) is -0.0723. The van der Waals surface area contributed by atoms with Gasteiger partial charge in [-0.2, -0.15) is 18.9 Å². The summed E-state index contributed by atoms with van der Waals surface area (Å²) in [4.78, 5) is 12.0. The Morgan fingerprint density at radius 3 is 2.86 bits per heavy atom. The first-order valence-electron chi connectivity index (χ1n) is 6.16. The van der Waals surface area contributed by atoms with Crippen LogP contribution in [-0.2, 0) is 13.7 Å². The third kappa shape index (κ3) is 2.46. The van der Waals surface area contributed by atoms with Gasteiger partial charge >= 0.3 is 5.69 Å². The highest BCUT2D eigenvalue weighted by Gasteiger charge is 2.15. The van der Waals surface area contributed by atoms with Gasteiger partial charge in [0.1, 0.15) is 6.61 Å². The normalized spacial score (nSPS) is 10.9. The van der Waals surface area contributed by atoms with Crippen LogP contribution in [0.2, 0.25) is 5.02 Å². The SMILES string of the molecule is Cn1nnn(-c2cccc(Cl)c2COc2[nH]ncc2F)c1=O. The lowest BCUT2D eigenvalue weighted by atomic mass is 10.2. The van der Waals surface area contributed by atoms with Crippen LogP contribution in [0.1, 0.15) is 5.56 Å². The van der Waals surface area contributed by atoms with E-state index in [1.807, 2.05) is 0 Å². The van der Waals surface area contributed by atoms with E-state index in [1.54, 1.807) is 18.2 Å². The molecule has 0 amide bonds. The highest BCUT2D eigenvalue weighted by molar-refractivity contribution is 6.31. The summed E-state index contributed by atoms with van der Waals surface area (Å²) in [5.41, 5.74) is 0.447. The molecular formula is C12H10ClFN6O2. The Kier molecular flexibility index (Phi) is 3.63. The lowest BCUT2D eigenvalue weighted by molar-refractivity contribution is 0.278. The lowest BCUT2D eigenvalue weighted by Gasteiger charge is -2.10. The Hall–Kier alpha value is -2.68. The summed E-state index contributed by atoms with van der Waals surface area (Å²) in [6, 6.07) is 4.94. The molecule has 1 N–H and O–H groups in total. The number of halogens is 2. The molecule has 0 fully saturated rings. The van der Waals surface area contributed by atoms with Crippen molar-refractivity contribution in [2.24, 2.45) is 7.05 Å². The second kappa shape index (κ2) is 5.60. The van der Waals surface area contributed by atoms with Crippen molar-refractivity contribution in [1.29, 1.82) is 0 Å². The van der Waals surface area contributed by atoms with E-state index in [1.165, 1.54) is 7.05 Å². The van der Waals surface area contributed by atoms with Crippen LogP contribution < -0.4 is 10.4 Å². The molecule has 2 aromatic heterocycles. The molecule has 0 aliphatic rings. The van der Waals surface area contributed by atoms with Gasteiger partial charge in [0, 0.05) is 17.6 Å². The van der Waals surface area contributed by atoms with Gasteiger partial charge in [-0.3, -0.25) is 0 Å². The van der Waals surface area contributed by atoms with E-state index in [-0.39, 0.29) is 12.5 Å². The van der Waals surface area contributed by atoms with Crippen LogP contribution in [0.5, 0.6) is 5.88 Å². The molecule has 10 heteroatoms. The van der Waals surface area contributed by atoms with E-state index in [9.17, 15) is 9.18 Å². The fourth-order valence-electron chi connectivity index (χ4n) is 1.86. The van der Waals surface area contributed by atoms with Crippen LogP contribution >= 0.6 is 11.6 Å². The molecule has 0 unspecified atom stereocenters. The molecule has 2 heterocycles. The minimum Gasteiger partial charge on any atom is -0.471 e. The van der Waals surface area contributed by atoms with Crippen molar-refractivity contribution in [3.05, 3.63) is 51.3 Å². The minimum absolute atomic E-state index is 0.0723. The monoisotopic (exact) mass is 324 g/mol. The van der Waals surface area contributed by atoms with Crippen LogP contribution in [0, 0.1) is 5.82 Å². The molecule has 22 heavy (non-hydrogen) atoms. The zero-order valence-corrected chi connectivity index (χ0v) is 12.1. The topological polar surface area (TPSA) is 90.6 Å². The summed E-state index contributed by atoms with van der Waals surface area (Å²) < 4.78 is 20.8. The number of nitrogens with one attached hydrogen (secondary N) is 1. The van der Waals surface area contributed by atoms with Crippen LogP contribution in [-0.4, -0.2) is 30.0 Å². The Morgan fingerprint density at radius 2 is 2.23 bits per heavy atom. The molecule has 3 aromatic rings. The minimum atomic E-state index is -0.620. The molecule has 3 rings (SSSR count). The van der Waals surface area contributed by atoms with Crippen molar-refractivity contribution in [3.8, 4) is 11.6 Å². The second-order valence-corrected chi connectivity index (χ2v) is 4.78. The first-order chi connectivity index (χ1) is 10.6. The maximum Gasteiger partial charge on any atom is 0.368 e. The highest BCUT2D eigenvalue weighted by atomic mass is 35.5. The number of tetrazole rings is 1. The van der Waals surface area contributed by atoms with Gasteiger partial charge in [-0.25, -0.2) is 9.89 Å². The van der Waals surface area contributed by atoms with E-state index in [4.69, 9.17) is 16.3 Å². The molecule has 0 spiro atoms. The van der Waals surface area contributed by atoms with Crippen LogP contribution in [0.3, 0.4) is 0 Å². The van der Waals surface area contributed by atoms with Crippen molar-refractivity contribution < 1.29 is 9.13 Å². The first-order valence-corrected chi connectivity index (χ1v) is 6.54. The van der Waals surface area contributed by atoms with Crippen molar-refractivity contribution >= 4 is 11.6 Å². The zero-order chi connectivity index (χ0) is 15.7. The van der Waals surface area contributed by atoms with E-state index in [0.717, 1.165) is 15.6 Å². The Bertz CT molecular complexity index is 871. The molecule has 0 radical (unpaired) electrons. The predicted molar refractivity (Wildman–Crippen MR) is 74.5 cm³/mol. The number of aryl methyl sites for hydroxylation is 1. The van der Waals surface area contributed by atoms with Gasteiger partial charge in [-0.15, -0.1) is 0 Å². The number of aromatic nitrogens is 6. The summed E-state index contributed by atoms with van der Waals surface area (Å²) in [7, 11) is 1.48. The molecular weight excluding hydrogens is 315 g/mol. The number of hydrogen-bond acceptors (Lipinski definition) is 5. The zero-order valence-electron chi connectivity index (χ0n) is 11.3. The molecule has 0 bridgehead atoms. The molecule has 8 nitrogen and oxygen atoms in total. The Balaban J connectivity index is 1.99. The van der Waals surface area contributed by atoms with Crippen LogP contribution in [0.25, 0.3) is 5.69 Å². The number of nitrogens with zero attached hydrogens (tertiary/aromatic N) is 5. The molecule has 0 saturated carbocycles. The molecule has 0 saturated heterocycles. The smallest absolute Gasteiger partial charge is 0.368 e. The van der Waals surface area contributed by atoms with Crippen molar-refractivity contribution in [3.63, 3.8) is 0 Å². The third-order valence-corrected chi connectivity index (χ3v) is 3.32. The fourth-order valence-corrected chi connectivity index (χ4v) is 2.08. The Labute approximate surface area is 128 Å². The van der Waals surface area contributed by atoms with E-state index in [2.05, 4.69) is 20.6 Å². The third-order valence-electron chi connectivity index (χ3n) is 2.97. The summed E-state index contributed by atoms with van der Waals surface area (Å²) in [5, 5.41) is 13.7. The second-order valence-electron chi connectivity index (χ2n) is 4.37. The fraction of sp³-hybridized carbons (Fsp3) is 0.167. The molecule has 0 aliphatic heterocycles. The molecule has 1 aromatic carbocycles. The Morgan fingerprint density at radius 1 is 1.41 bits per heavy atom. The standard InChI is InChI=1S/C12H10ClFN6O2/c1-19-12(21)20(18-17-19)10-4-2-3-8(13)7(10)6-22-11-9(14)5-15-16-11/h2-5H,6H2,1H3,(H,15,16). The molecule has 0 atom stereocenters. The van der Waals surface area contributed by atoms with Gasteiger partial charge < -0.3 is 4.74 Å². The number of ether oxygens (including phenoxy) is 1. The largest absolute Gasteiger partial charge is 0.471 e. The number of aromatic amines is 1. The highest BCUT2D eigenvalue weighted by Crippen LogP contribution is 2.24. The summed E-state index contributed by atoms with van der Waals surface area (Å²) >= 11 is 6.15. The maximum atomic E-state index is 13.3. The number of rotatable bonds is 4. The van der Waals surface area contributed by atoms with Gasteiger partial charge in [0.15, 0.2) is 0 Å². The lowest BCUT2D eigenvalue weighted by Crippen LogP contribution is -2.23. The number of benzene rings is 1. The van der Waals surface area contributed by atoms with Crippen LogP contribution in [0.15, 0.2) is 29.2 Å². The van der Waals surface area contributed by atoms with Crippen LogP contribution in [0.4, 0.5) is 4.39 Å². The van der Waals surface area contributed by atoms with E-state index >= 15 is 0 Å². The average molecular weight is 325 g/mol. The van der Waals surface area contributed by atoms with Crippen molar-refractivity contribution in [1.82, 2.24) is 30.0 Å². The van der Waals surface area contributed by atoms with Gasteiger partial charge in [0.2, 0.25) is 11.7 Å². The van der Waals surface area contributed by atoms with Gasteiger partial charge in [0.25, 0.3) is 0 Å². The number of H-pyrrole nitrogens is 1. The first kappa shape index (κ1) is 14.3. The van der Waals surface area contributed by atoms with E-state index in [0.29, 0.717) is 16.3 Å².